The summed E-state index contributed by atoms with van der Waals surface area (Å²) >= 11 is 5.63. The van der Waals surface area contributed by atoms with Crippen LogP contribution in [-0.4, -0.2) is 18.4 Å². The summed E-state index contributed by atoms with van der Waals surface area (Å²) in [6.45, 7) is 3.68. The van der Waals surface area contributed by atoms with Crippen LogP contribution < -0.4 is 5.43 Å². The Balaban J connectivity index is 3.16. The van der Waals surface area contributed by atoms with Gasteiger partial charge in [-0.2, -0.15) is 10.4 Å². The molecule has 0 saturated carbocycles. The van der Waals surface area contributed by atoms with E-state index in [1.807, 2.05) is 6.07 Å². The average molecular weight is 290 g/mol. The van der Waals surface area contributed by atoms with Crippen molar-refractivity contribution in [1.29, 1.82) is 5.26 Å². The van der Waals surface area contributed by atoms with Crippen molar-refractivity contribution in [2.24, 2.45) is 5.10 Å². The second-order valence-corrected chi connectivity index (χ2v) is 5.43. The molecular weight excluding hydrogens is 277 g/mol. The van der Waals surface area contributed by atoms with Gasteiger partial charge < -0.3 is 9.05 Å². The Kier molecular flexibility index (Phi) is 5.57. The summed E-state index contributed by atoms with van der Waals surface area (Å²) < 4.78 is 22.6. The summed E-state index contributed by atoms with van der Waals surface area (Å²) in [5.41, 5.74) is 2.79. The molecule has 0 aromatic heterocycles. The van der Waals surface area contributed by atoms with Crippen LogP contribution in [0, 0.1) is 11.3 Å². The molecule has 98 valence electrons. The molecule has 1 aliphatic rings. The van der Waals surface area contributed by atoms with Gasteiger partial charge in [0, 0.05) is 0 Å². The lowest BCUT2D eigenvalue weighted by atomic mass is 10.3. The van der Waals surface area contributed by atoms with Gasteiger partial charge in [-0.05, 0) is 26.0 Å². The van der Waals surface area contributed by atoms with Gasteiger partial charge in [-0.1, -0.05) is 11.6 Å². The maximum atomic E-state index is 12.4. The van der Waals surface area contributed by atoms with Crippen molar-refractivity contribution >= 4 is 24.4 Å². The van der Waals surface area contributed by atoms with Crippen LogP contribution in [0.4, 0.5) is 0 Å². The first-order chi connectivity index (χ1) is 8.57. The van der Waals surface area contributed by atoms with E-state index >= 15 is 0 Å². The van der Waals surface area contributed by atoms with E-state index in [0.717, 1.165) is 0 Å². The highest BCUT2D eigenvalue weighted by atomic mass is 35.5. The third-order valence-corrected chi connectivity index (χ3v) is 4.20. The summed E-state index contributed by atoms with van der Waals surface area (Å²) in [6, 6.07) is 1.84. The van der Waals surface area contributed by atoms with E-state index in [0.29, 0.717) is 0 Å². The molecular formula is C10H13ClN3O3P. The van der Waals surface area contributed by atoms with Crippen LogP contribution in [0.1, 0.15) is 13.8 Å². The SMILES string of the molecule is CCOP(=O)(OCC)/C(C#N)=C1/C=CC(Cl)=NN1. The highest BCUT2D eigenvalue weighted by Crippen LogP contribution is 2.56. The van der Waals surface area contributed by atoms with Crippen LogP contribution in [-0.2, 0) is 13.6 Å². The van der Waals surface area contributed by atoms with Gasteiger partial charge in [0.2, 0.25) is 0 Å². The minimum Gasteiger partial charge on any atom is -0.305 e. The standard InChI is InChI=1S/C10H13ClN3O3P/c1-3-16-18(15,17-4-2)9(7-12)8-5-6-10(11)14-13-8/h5-6,13H,3-4H2,1-2H3/b9-8-. The summed E-state index contributed by atoms with van der Waals surface area (Å²) in [5.74, 6) is 0. The van der Waals surface area contributed by atoms with Crippen molar-refractivity contribution in [2.75, 3.05) is 13.2 Å². The minimum atomic E-state index is -3.63. The average Bonchev–Trinajstić information content (AvgIpc) is 2.33. The monoisotopic (exact) mass is 289 g/mol. The molecule has 0 fully saturated rings. The smallest absolute Gasteiger partial charge is 0.305 e. The third-order valence-electron chi connectivity index (χ3n) is 1.90. The van der Waals surface area contributed by atoms with E-state index in [1.165, 1.54) is 12.2 Å². The van der Waals surface area contributed by atoms with Crippen molar-refractivity contribution in [2.45, 2.75) is 13.8 Å². The zero-order valence-corrected chi connectivity index (χ0v) is 11.7. The fourth-order valence-corrected chi connectivity index (χ4v) is 2.91. The van der Waals surface area contributed by atoms with Crippen molar-refractivity contribution in [3.63, 3.8) is 0 Å². The van der Waals surface area contributed by atoms with E-state index in [-0.39, 0.29) is 29.4 Å². The lowest BCUT2D eigenvalue weighted by molar-refractivity contribution is 0.227. The molecule has 0 unspecified atom stereocenters. The van der Waals surface area contributed by atoms with Gasteiger partial charge in [0.15, 0.2) is 5.31 Å². The highest BCUT2D eigenvalue weighted by molar-refractivity contribution is 7.59. The second kappa shape index (κ2) is 6.72. The molecule has 1 rings (SSSR count). The number of nitrogens with zero attached hydrogens (tertiary/aromatic N) is 2. The Labute approximate surface area is 110 Å². The van der Waals surface area contributed by atoms with E-state index in [9.17, 15) is 4.57 Å². The second-order valence-electron chi connectivity index (χ2n) is 3.09. The Morgan fingerprint density at radius 1 is 1.50 bits per heavy atom. The molecule has 0 aromatic rings. The Morgan fingerprint density at radius 3 is 2.50 bits per heavy atom. The van der Waals surface area contributed by atoms with Gasteiger partial charge >= 0.3 is 7.60 Å². The molecule has 0 aromatic carbocycles. The quantitative estimate of drug-likeness (QED) is 0.621. The predicted octanol–water partition coefficient (Wildman–Crippen LogP) is 2.70. The van der Waals surface area contributed by atoms with Crippen LogP contribution in [0.3, 0.4) is 0 Å². The first kappa shape index (κ1) is 14.9. The predicted molar refractivity (Wildman–Crippen MR) is 69.1 cm³/mol. The van der Waals surface area contributed by atoms with Gasteiger partial charge in [-0.15, -0.1) is 0 Å². The Hall–Kier alpha value is -1.12. The number of allylic oxidation sites excluding steroid dienone is 3. The number of hydrogen-bond donors (Lipinski definition) is 1. The number of hydrazone groups is 1. The lowest BCUT2D eigenvalue weighted by Crippen LogP contribution is -2.13. The zero-order chi connectivity index (χ0) is 13.6. The topological polar surface area (TPSA) is 83.7 Å². The van der Waals surface area contributed by atoms with Gasteiger partial charge in [-0.3, -0.25) is 9.99 Å². The van der Waals surface area contributed by atoms with Gasteiger partial charge in [0.05, 0.1) is 18.9 Å². The summed E-state index contributed by atoms with van der Waals surface area (Å²) in [4.78, 5) is 0. The fraction of sp³-hybridized carbons (Fsp3) is 0.400. The van der Waals surface area contributed by atoms with Gasteiger partial charge in [0.25, 0.3) is 0 Å². The third kappa shape index (κ3) is 3.44. The number of hydrogen-bond acceptors (Lipinski definition) is 6. The highest BCUT2D eigenvalue weighted by Gasteiger charge is 2.33. The molecule has 1 heterocycles. The lowest BCUT2D eigenvalue weighted by Gasteiger charge is -2.18. The minimum absolute atomic E-state index is 0.115. The zero-order valence-electron chi connectivity index (χ0n) is 10.0. The van der Waals surface area contributed by atoms with Crippen LogP contribution in [0.2, 0.25) is 0 Å². The van der Waals surface area contributed by atoms with Crippen molar-refractivity contribution < 1.29 is 13.6 Å². The van der Waals surface area contributed by atoms with Crippen LogP contribution in [0.15, 0.2) is 28.3 Å². The van der Waals surface area contributed by atoms with Crippen molar-refractivity contribution in [1.82, 2.24) is 5.43 Å². The maximum Gasteiger partial charge on any atom is 0.374 e. The van der Waals surface area contributed by atoms with E-state index in [1.54, 1.807) is 13.8 Å². The van der Waals surface area contributed by atoms with Crippen LogP contribution in [0.5, 0.6) is 0 Å². The molecule has 6 nitrogen and oxygen atoms in total. The molecule has 0 atom stereocenters. The molecule has 0 aliphatic carbocycles. The molecule has 0 amide bonds. The molecule has 0 spiro atoms. The number of halogens is 1. The Morgan fingerprint density at radius 2 is 2.11 bits per heavy atom. The molecule has 0 bridgehead atoms. The van der Waals surface area contributed by atoms with Crippen molar-refractivity contribution in [3.8, 4) is 6.07 Å². The van der Waals surface area contributed by atoms with E-state index in [2.05, 4.69) is 10.5 Å². The maximum absolute atomic E-state index is 12.4. The normalized spacial score (nSPS) is 17.8. The molecule has 8 heteroatoms. The van der Waals surface area contributed by atoms with Crippen molar-refractivity contribution in [3.05, 3.63) is 23.2 Å². The molecule has 0 radical (unpaired) electrons. The van der Waals surface area contributed by atoms with Crippen LogP contribution >= 0.6 is 19.2 Å². The first-order valence-corrected chi connectivity index (χ1v) is 7.20. The summed E-state index contributed by atoms with van der Waals surface area (Å²) in [7, 11) is -3.63. The summed E-state index contributed by atoms with van der Waals surface area (Å²) in [6.07, 6.45) is 2.98. The molecule has 0 saturated heterocycles. The summed E-state index contributed by atoms with van der Waals surface area (Å²) in [5, 5.41) is 13.0. The van der Waals surface area contributed by atoms with Gasteiger partial charge in [-0.25, -0.2) is 0 Å². The first-order valence-electron chi connectivity index (χ1n) is 5.28. The van der Waals surface area contributed by atoms with E-state index < -0.39 is 7.60 Å². The fourth-order valence-electron chi connectivity index (χ4n) is 1.25. The Bertz CT molecular complexity index is 483. The number of rotatable bonds is 5. The largest absolute Gasteiger partial charge is 0.374 e. The molecule has 18 heavy (non-hydrogen) atoms. The number of nitrogens with one attached hydrogen (secondary N) is 1. The van der Waals surface area contributed by atoms with Crippen LogP contribution in [0.25, 0.3) is 0 Å². The molecule has 1 aliphatic heterocycles. The number of nitriles is 1. The molecule has 1 N–H and O–H groups in total. The van der Waals surface area contributed by atoms with Gasteiger partial charge in [0.1, 0.15) is 11.2 Å². The van der Waals surface area contributed by atoms with E-state index in [4.69, 9.17) is 25.9 Å².